The molecule has 1 aromatic carbocycles. The molecule has 20 heavy (non-hydrogen) atoms. The third kappa shape index (κ3) is 2.32. The molecule has 0 bridgehead atoms. The number of rotatable bonds is 2. The Labute approximate surface area is 128 Å². The summed E-state index contributed by atoms with van der Waals surface area (Å²) in [5.74, 6) is 0.947. The quantitative estimate of drug-likeness (QED) is 0.878. The first kappa shape index (κ1) is 14.5. The van der Waals surface area contributed by atoms with E-state index in [2.05, 4.69) is 21.2 Å². The lowest BCUT2D eigenvalue weighted by Gasteiger charge is -2.19. The molecule has 2 heterocycles. The summed E-state index contributed by atoms with van der Waals surface area (Å²) in [4.78, 5) is 0.450. The maximum atomic E-state index is 12.8. The van der Waals surface area contributed by atoms with Crippen molar-refractivity contribution in [1.29, 1.82) is 0 Å². The largest absolute Gasteiger partial charge is 0.316 e. The van der Waals surface area contributed by atoms with E-state index in [0.29, 0.717) is 29.8 Å². The summed E-state index contributed by atoms with van der Waals surface area (Å²) in [7, 11) is -3.37. The zero-order valence-corrected chi connectivity index (χ0v) is 14.1. The van der Waals surface area contributed by atoms with Crippen LogP contribution in [0, 0.1) is 25.7 Å². The number of nitrogens with one attached hydrogen (secondary N) is 1. The van der Waals surface area contributed by atoms with Gasteiger partial charge in [-0.05, 0) is 62.0 Å². The summed E-state index contributed by atoms with van der Waals surface area (Å²) in [6.07, 6.45) is 0. The van der Waals surface area contributed by atoms with Crippen molar-refractivity contribution in [3.05, 3.63) is 27.7 Å². The number of hydrogen-bond acceptors (Lipinski definition) is 3. The van der Waals surface area contributed by atoms with E-state index in [0.717, 1.165) is 28.7 Å². The molecule has 2 aliphatic rings. The Morgan fingerprint density at radius 3 is 2.35 bits per heavy atom. The second kappa shape index (κ2) is 5.09. The van der Waals surface area contributed by atoms with Crippen molar-refractivity contribution < 1.29 is 8.42 Å². The molecule has 4 nitrogen and oxygen atoms in total. The molecule has 0 aromatic heterocycles. The van der Waals surface area contributed by atoms with Gasteiger partial charge in [0.15, 0.2) is 0 Å². The molecule has 2 fully saturated rings. The summed E-state index contributed by atoms with van der Waals surface area (Å²) >= 11 is 3.45. The van der Waals surface area contributed by atoms with Gasteiger partial charge in [0, 0.05) is 17.6 Å². The van der Waals surface area contributed by atoms with Crippen LogP contribution < -0.4 is 5.32 Å². The van der Waals surface area contributed by atoms with E-state index in [4.69, 9.17) is 0 Å². The van der Waals surface area contributed by atoms with Crippen LogP contribution in [0.3, 0.4) is 0 Å². The highest BCUT2D eigenvalue weighted by atomic mass is 79.9. The number of sulfonamides is 1. The molecule has 0 unspecified atom stereocenters. The van der Waals surface area contributed by atoms with Gasteiger partial charge in [-0.15, -0.1) is 0 Å². The van der Waals surface area contributed by atoms with Crippen LogP contribution in [-0.4, -0.2) is 38.9 Å². The van der Waals surface area contributed by atoms with Crippen molar-refractivity contribution in [3.63, 3.8) is 0 Å². The molecule has 0 aliphatic carbocycles. The van der Waals surface area contributed by atoms with Crippen LogP contribution in [0.1, 0.15) is 11.1 Å². The average molecular weight is 359 g/mol. The second-order valence-corrected chi connectivity index (χ2v) is 8.63. The van der Waals surface area contributed by atoms with Gasteiger partial charge in [0.1, 0.15) is 0 Å². The first-order valence-corrected chi connectivity index (χ1v) is 9.10. The van der Waals surface area contributed by atoms with E-state index in [1.807, 2.05) is 19.9 Å². The molecule has 6 heteroatoms. The van der Waals surface area contributed by atoms with Crippen molar-refractivity contribution in [3.8, 4) is 0 Å². The Bertz CT molecular complexity index is 633. The van der Waals surface area contributed by atoms with E-state index in [9.17, 15) is 8.42 Å². The Hall–Kier alpha value is -0.430. The van der Waals surface area contributed by atoms with Gasteiger partial charge in [-0.2, -0.15) is 4.31 Å². The summed E-state index contributed by atoms with van der Waals surface area (Å²) in [5.41, 5.74) is 1.76. The number of halogens is 1. The van der Waals surface area contributed by atoms with E-state index < -0.39 is 10.0 Å². The van der Waals surface area contributed by atoms with Crippen LogP contribution in [0.2, 0.25) is 0 Å². The normalized spacial score (nSPS) is 26.9. The zero-order chi connectivity index (χ0) is 14.5. The van der Waals surface area contributed by atoms with Crippen molar-refractivity contribution >= 4 is 26.0 Å². The van der Waals surface area contributed by atoms with Gasteiger partial charge < -0.3 is 5.32 Å². The van der Waals surface area contributed by atoms with Crippen molar-refractivity contribution in [2.45, 2.75) is 18.7 Å². The highest BCUT2D eigenvalue weighted by molar-refractivity contribution is 9.10. The highest BCUT2D eigenvalue weighted by Gasteiger charge is 2.41. The molecule has 2 aliphatic heterocycles. The van der Waals surface area contributed by atoms with Gasteiger partial charge in [-0.1, -0.05) is 15.9 Å². The smallest absolute Gasteiger partial charge is 0.243 e. The van der Waals surface area contributed by atoms with Gasteiger partial charge in [0.25, 0.3) is 0 Å². The van der Waals surface area contributed by atoms with Gasteiger partial charge in [-0.25, -0.2) is 8.42 Å². The van der Waals surface area contributed by atoms with Crippen LogP contribution in [-0.2, 0) is 10.0 Å². The predicted molar refractivity (Wildman–Crippen MR) is 82.2 cm³/mol. The van der Waals surface area contributed by atoms with E-state index in [1.165, 1.54) is 0 Å². The molecular formula is C14H19BrN2O2S. The minimum Gasteiger partial charge on any atom is -0.316 e. The fraction of sp³-hybridized carbons (Fsp3) is 0.571. The van der Waals surface area contributed by atoms with Crippen LogP contribution in [0.4, 0.5) is 0 Å². The minimum atomic E-state index is -3.37. The highest BCUT2D eigenvalue weighted by Crippen LogP contribution is 2.33. The molecule has 1 aromatic rings. The summed E-state index contributed by atoms with van der Waals surface area (Å²) < 4.78 is 28.3. The monoisotopic (exact) mass is 358 g/mol. The molecule has 0 spiro atoms. The average Bonchev–Trinajstić information content (AvgIpc) is 2.94. The standard InChI is InChI=1S/C14H19BrN2O2S/c1-9-4-14(10(2)3-13(9)15)20(18,19)17-7-11-5-16-6-12(11)8-17/h3-4,11-12,16H,5-8H2,1-2H3/t11-,12+. The fourth-order valence-corrected chi connectivity index (χ4v) is 5.48. The molecule has 0 radical (unpaired) electrons. The fourth-order valence-electron chi connectivity index (χ4n) is 3.18. The Balaban J connectivity index is 1.95. The Morgan fingerprint density at radius 2 is 1.75 bits per heavy atom. The zero-order valence-electron chi connectivity index (χ0n) is 11.7. The SMILES string of the molecule is Cc1cc(S(=O)(=O)N2C[C@H]3CNC[C@H]3C2)c(C)cc1Br. The second-order valence-electron chi connectivity index (χ2n) is 5.87. The number of fused-ring (bicyclic) bond motifs is 1. The van der Waals surface area contributed by atoms with Gasteiger partial charge in [0.2, 0.25) is 10.0 Å². The van der Waals surface area contributed by atoms with Gasteiger partial charge >= 0.3 is 0 Å². The molecule has 3 rings (SSSR count). The lowest BCUT2D eigenvalue weighted by Crippen LogP contribution is -2.32. The van der Waals surface area contributed by atoms with E-state index in [1.54, 1.807) is 10.4 Å². The first-order chi connectivity index (χ1) is 9.39. The van der Waals surface area contributed by atoms with Crippen LogP contribution >= 0.6 is 15.9 Å². The Morgan fingerprint density at radius 1 is 1.15 bits per heavy atom. The summed E-state index contributed by atoms with van der Waals surface area (Å²) in [5, 5.41) is 3.34. The third-order valence-electron chi connectivity index (χ3n) is 4.43. The van der Waals surface area contributed by atoms with Crippen LogP contribution in [0.15, 0.2) is 21.5 Å². The van der Waals surface area contributed by atoms with Crippen molar-refractivity contribution in [2.75, 3.05) is 26.2 Å². The molecule has 2 saturated heterocycles. The maximum Gasteiger partial charge on any atom is 0.243 e. The molecule has 1 N–H and O–H groups in total. The Kier molecular flexibility index (Phi) is 3.69. The van der Waals surface area contributed by atoms with Crippen LogP contribution in [0.25, 0.3) is 0 Å². The summed E-state index contributed by atoms with van der Waals surface area (Å²) in [6, 6.07) is 3.67. The number of nitrogens with zero attached hydrogens (tertiary/aromatic N) is 1. The molecular weight excluding hydrogens is 340 g/mol. The topological polar surface area (TPSA) is 49.4 Å². The van der Waals surface area contributed by atoms with Crippen LogP contribution in [0.5, 0.6) is 0 Å². The van der Waals surface area contributed by atoms with E-state index >= 15 is 0 Å². The lowest BCUT2D eigenvalue weighted by atomic mass is 10.0. The maximum absolute atomic E-state index is 12.8. The predicted octanol–water partition coefficient (Wildman–Crippen LogP) is 1.91. The van der Waals surface area contributed by atoms with Gasteiger partial charge in [-0.3, -0.25) is 0 Å². The molecule has 2 atom stereocenters. The molecule has 110 valence electrons. The molecule has 0 amide bonds. The van der Waals surface area contributed by atoms with Crippen molar-refractivity contribution in [1.82, 2.24) is 9.62 Å². The van der Waals surface area contributed by atoms with E-state index in [-0.39, 0.29) is 0 Å². The first-order valence-electron chi connectivity index (χ1n) is 6.87. The minimum absolute atomic E-state index is 0.450. The van der Waals surface area contributed by atoms with Gasteiger partial charge in [0.05, 0.1) is 4.90 Å². The number of aryl methyl sites for hydroxylation is 2. The lowest BCUT2D eigenvalue weighted by molar-refractivity contribution is 0.447. The number of hydrogen-bond donors (Lipinski definition) is 1. The molecule has 0 saturated carbocycles. The number of benzene rings is 1. The van der Waals surface area contributed by atoms with Crippen molar-refractivity contribution in [2.24, 2.45) is 11.8 Å². The summed E-state index contributed by atoms with van der Waals surface area (Å²) in [6.45, 7) is 6.95. The third-order valence-corrected chi connectivity index (χ3v) is 7.26.